The molecule has 1 aromatic heterocycles. The van der Waals surface area contributed by atoms with Crippen molar-refractivity contribution in [1.82, 2.24) is 10.3 Å². The highest BCUT2D eigenvalue weighted by molar-refractivity contribution is 5.95. The van der Waals surface area contributed by atoms with Gasteiger partial charge in [-0.05, 0) is 25.5 Å². The van der Waals surface area contributed by atoms with Crippen LogP contribution in [0.3, 0.4) is 0 Å². The van der Waals surface area contributed by atoms with Gasteiger partial charge in [0.25, 0.3) is 0 Å². The highest BCUT2D eigenvalue weighted by Gasteiger charge is 2.31. The number of carbonyl (C=O) groups excluding carboxylic acids is 2. The molecule has 0 aliphatic carbocycles. The fourth-order valence-electron chi connectivity index (χ4n) is 2.20. The molecule has 2 N–H and O–H groups in total. The Labute approximate surface area is 118 Å². The first-order chi connectivity index (χ1) is 9.47. The largest absolute Gasteiger partial charge is 0.363 e. The number of anilines is 2. The molecule has 20 heavy (non-hydrogen) atoms. The number of aromatic nitrogens is 1. The van der Waals surface area contributed by atoms with Crippen LogP contribution < -0.4 is 15.5 Å². The van der Waals surface area contributed by atoms with E-state index < -0.39 is 0 Å². The van der Waals surface area contributed by atoms with Crippen LogP contribution in [0.4, 0.5) is 11.5 Å². The summed E-state index contributed by atoms with van der Waals surface area (Å²) in [6.07, 6.45) is 2.19. The quantitative estimate of drug-likeness (QED) is 0.845. The molecule has 1 aromatic rings. The minimum atomic E-state index is -0.308. The maximum atomic E-state index is 12.1. The third-order valence-corrected chi connectivity index (χ3v) is 3.50. The zero-order valence-electron chi connectivity index (χ0n) is 12.0. The zero-order chi connectivity index (χ0) is 14.7. The smallest absolute Gasteiger partial charge is 0.241 e. The van der Waals surface area contributed by atoms with Crippen LogP contribution in [0.15, 0.2) is 18.3 Å². The minimum absolute atomic E-state index is 0.0556. The number of pyridine rings is 1. The van der Waals surface area contributed by atoms with Crippen LogP contribution in [0.1, 0.15) is 13.3 Å². The molecule has 6 heteroatoms. The Hall–Kier alpha value is -1.95. The van der Waals surface area contributed by atoms with Crippen LogP contribution in [0, 0.1) is 5.92 Å². The van der Waals surface area contributed by atoms with Gasteiger partial charge in [0.1, 0.15) is 11.6 Å². The average molecular weight is 276 g/mol. The first-order valence-electron chi connectivity index (χ1n) is 6.65. The van der Waals surface area contributed by atoms with Crippen LogP contribution in [0.25, 0.3) is 0 Å². The molecule has 1 aliphatic rings. The van der Waals surface area contributed by atoms with Crippen molar-refractivity contribution in [2.24, 2.45) is 5.92 Å². The summed E-state index contributed by atoms with van der Waals surface area (Å²) in [6, 6.07) is 3.35. The maximum absolute atomic E-state index is 12.1. The average Bonchev–Trinajstić information content (AvgIpc) is 2.89. The van der Waals surface area contributed by atoms with Crippen molar-refractivity contribution in [1.29, 1.82) is 0 Å². The normalized spacial score (nSPS) is 21.6. The maximum Gasteiger partial charge on any atom is 0.241 e. The topological polar surface area (TPSA) is 74.3 Å². The van der Waals surface area contributed by atoms with E-state index in [-0.39, 0.29) is 23.7 Å². The molecule has 0 aromatic carbocycles. The number of ketones is 1. The molecule has 6 nitrogen and oxygen atoms in total. The van der Waals surface area contributed by atoms with Gasteiger partial charge in [0.2, 0.25) is 5.91 Å². The monoisotopic (exact) mass is 276 g/mol. The summed E-state index contributed by atoms with van der Waals surface area (Å²) >= 11 is 0. The molecule has 0 radical (unpaired) electrons. The Balaban J connectivity index is 1.93. The molecular weight excluding hydrogens is 256 g/mol. The summed E-state index contributed by atoms with van der Waals surface area (Å²) in [5.41, 5.74) is 0.661. The number of nitrogens with one attached hydrogen (secondary N) is 2. The third kappa shape index (κ3) is 3.33. The lowest BCUT2D eigenvalue weighted by atomic mass is 10.0. The van der Waals surface area contributed by atoms with Gasteiger partial charge < -0.3 is 15.5 Å². The van der Waals surface area contributed by atoms with Crippen molar-refractivity contribution in [3.8, 4) is 0 Å². The van der Waals surface area contributed by atoms with Gasteiger partial charge >= 0.3 is 0 Å². The van der Waals surface area contributed by atoms with Gasteiger partial charge in [0.15, 0.2) is 0 Å². The summed E-state index contributed by atoms with van der Waals surface area (Å²) in [4.78, 5) is 29.5. The van der Waals surface area contributed by atoms with E-state index in [2.05, 4.69) is 15.6 Å². The van der Waals surface area contributed by atoms with Gasteiger partial charge in [-0.2, -0.15) is 0 Å². The van der Waals surface area contributed by atoms with Gasteiger partial charge in [0.05, 0.1) is 17.9 Å². The number of carbonyl (C=O) groups is 2. The van der Waals surface area contributed by atoms with Crippen molar-refractivity contribution in [2.75, 3.05) is 30.9 Å². The lowest BCUT2D eigenvalue weighted by Gasteiger charge is -2.13. The summed E-state index contributed by atoms with van der Waals surface area (Å²) in [5.74, 6) is 0.789. The zero-order valence-corrected chi connectivity index (χ0v) is 12.0. The number of hydrogen-bond acceptors (Lipinski definition) is 5. The number of nitrogens with zero attached hydrogens (tertiary/aromatic N) is 2. The molecule has 0 spiro atoms. The van der Waals surface area contributed by atoms with E-state index in [1.54, 1.807) is 13.1 Å². The van der Waals surface area contributed by atoms with Crippen molar-refractivity contribution in [3.05, 3.63) is 18.3 Å². The highest BCUT2D eigenvalue weighted by atomic mass is 16.2. The number of hydrogen-bond donors (Lipinski definition) is 2. The SMILES string of the molecule is CC(=O)C1CNC(C(=O)Nc2ccc(N(C)C)nc2)C1. The molecule has 2 rings (SSSR count). The number of amides is 1. The summed E-state index contributed by atoms with van der Waals surface area (Å²) in [7, 11) is 3.82. The van der Waals surface area contributed by atoms with E-state index >= 15 is 0 Å². The van der Waals surface area contributed by atoms with Crippen LogP contribution in [-0.4, -0.2) is 43.4 Å². The molecule has 2 unspecified atom stereocenters. The summed E-state index contributed by atoms with van der Waals surface area (Å²) in [6.45, 7) is 2.14. The Bertz CT molecular complexity index is 498. The fraction of sp³-hybridized carbons (Fsp3) is 0.500. The molecule has 1 amide bonds. The van der Waals surface area contributed by atoms with Crippen LogP contribution >= 0.6 is 0 Å². The Morgan fingerprint density at radius 2 is 2.15 bits per heavy atom. The predicted molar refractivity (Wildman–Crippen MR) is 77.8 cm³/mol. The molecule has 0 saturated carbocycles. The van der Waals surface area contributed by atoms with Crippen LogP contribution in [0.5, 0.6) is 0 Å². The molecule has 1 aliphatic heterocycles. The Morgan fingerprint density at radius 3 is 2.65 bits per heavy atom. The molecular formula is C14H20N4O2. The van der Waals surface area contributed by atoms with Crippen LogP contribution in [-0.2, 0) is 9.59 Å². The van der Waals surface area contributed by atoms with Gasteiger partial charge in [-0.15, -0.1) is 0 Å². The second kappa shape index (κ2) is 6.00. The fourth-order valence-corrected chi connectivity index (χ4v) is 2.20. The van der Waals surface area contributed by atoms with Crippen molar-refractivity contribution in [3.63, 3.8) is 0 Å². The van der Waals surface area contributed by atoms with E-state index in [9.17, 15) is 9.59 Å². The molecule has 2 atom stereocenters. The summed E-state index contributed by atoms with van der Waals surface area (Å²) < 4.78 is 0. The lowest BCUT2D eigenvalue weighted by Crippen LogP contribution is -2.35. The molecule has 0 bridgehead atoms. The standard InChI is InChI=1S/C14H20N4O2/c1-9(19)10-6-12(15-7-10)14(20)17-11-4-5-13(16-8-11)18(2)3/h4-5,8,10,12,15H,6-7H2,1-3H3,(H,17,20). The summed E-state index contributed by atoms with van der Waals surface area (Å²) in [5, 5.41) is 5.89. The van der Waals surface area contributed by atoms with E-state index in [0.717, 1.165) is 5.82 Å². The van der Waals surface area contributed by atoms with Gasteiger partial charge in [-0.3, -0.25) is 9.59 Å². The van der Waals surface area contributed by atoms with E-state index in [1.807, 2.05) is 31.1 Å². The molecule has 1 fully saturated rings. The second-order valence-electron chi connectivity index (χ2n) is 5.29. The van der Waals surface area contributed by atoms with E-state index in [4.69, 9.17) is 0 Å². The Kier molecular flexibility index (Phi) is 4.34. The van der Waals surface area contributed by atoms with E-state index in [1.165, 1.54) is 0 Å². The highest BCUT2D eigenvalue weighted by Crippen LogP contribution is 2.17. The van der Waals surface area contributed by atoms with Crippen molar-refractivity contribution in [2.45, 2.75) is 19.4 Å². The third-order valence-electron chi connectivity index (χ3n) is 3.50. The van der Waals surface area contributed by atoms with Crippen LogP contribution in [0.2, 0.25) is 0 Å². The molecule has 2 heterocycles. The number of Topliss-reactive ketones (excluding diaryl/α,β-unsaturated/α-hetero) is 1. The Morgan fingerprint density at radius 1 is 1.40 bits per heavy atom. The van der Waals surface area contributed by atoms with Gasteiger partial charge in [-0.25, -0.2) is 4.98 Å². The van der Waals surface area contributed by atoms with E-state index in [0.29, 0.717) is 18.7 Å². The van der Waals surface area contributed by atoms with Gasteiger partial charge in [0, 0.05) is 26.6 Å². The van der Waals surface area contributed by atoms with Gasteiger partial charge in [-0.1, -0.05) is 0 Å². The molecule has 108 valence electrons. The number of rotatable bonds is 4. The second-order valence-corrected chi connectivity index (χ2v) is 5.29. The first kappa shape index (κ1) is 14.5. The first-order valence-corrected chi connectivity index (χ1v) is 6.65. The van der Waals surface area contributed by atoms with Crippen molar-refractivity contribution < 1.29 is 9.59 Å². The molecule has 1 saturated heterocycles. The minimum Gasteiger partial charge on any atom is -0.363 e. The predicted octanol–water partition coefficient (Wildman–Crippen LogP) is 0.653. The lowest BCUT2D eigenvalue weighted by molar-refractivity contribution is -0.120. The van der Waals surface area contributed by atoms with Crippen molar-refractivity contribution >= 4 is 23.2 Å².